The molecule has 27 heavy (non-hydrogen) atoms. The number of likely N-dealkylation sites (N-methyl/N-ethyl adjacent to an activating group) is 1. The van der Waals surface area contributed by atoms with Crippen LogP contribution in [0.15, 0.2) is 4.99 Å². The quantitative estimate of drug-likeness (QED) is 0.177. The Morgan fingerprint density at radius 1 is 0.926 bits per heavy atom. The Balaban J connectivity index is 0.00000676. The summed E-state index contributed by atoms with van der Waals surface area (Å²) in [6.07, 6.45) is 9.08. The predicted molar refractivity (Wildman–Crippen MR) is 130 cm³/mol. The first kappa shape index (κ1) is 26.9. The van der Waals surface area contributed by atoms with Crippen molar-refractivity contribution < 1.29 is 0 Å². The number of rotatable bonds is 13. The van der Waals surface area contributed by atoms with E-state index in [0.717, 1.165) is 31.5 Å². The highest BCUT2D eigenvalue weighted by atomic mass is 127. The Hall–Kier alpha value is -0.0800. The average molecular weight is 496 g/mol. The van der Waals surface area contributed by atoms with E-state index in [1.807, 2.05) is 0 Å². The minimum Gasteiger partial charge on any atom is -0.357 e. The van der Waals surface area contributed by atoms with E-state index >= 15 is 0 Å². The summed E-state index contributed by atoms with van der Waals surface area (Å²) in [4.78, 5) is 9.73. The molecule has 1 rings (SSSR count). The van der Waals surface area contributed by atoms with E-state index in [9.17, 15) is 0 Å². The van der Waals surface area contributed by atoms with Gasteiger partial charge in [0.1, 0.15) is 0 Å². The molecule has 0 saturated carbocycles. The molecular weight excluding hydrogens is 449 g/mol. The van der Waals surface area contributed by atoms with Crippen molar-refractivity contribution in [2.45, 2.75) is 65.7 Å². The van der Waals surface area contributed by atoms with Crippen LogP contribution in [-0.4, -0.2) is 75.2 Å². The van der Waals surface area contributed by atoms with Crippen LogP contribution in [0.5, 0.6) is 0 Å². The minimum atomic E-state index is 0. The fourth-order valence-corrected chi connectivity index (χ4v) is 3.29. The Kier molecular flexibility index (Phi) is 17.9. The van der Waals surface area contributed by atoms with Gasteiger partial charge < -0.3 is 20.4 Å². The van der Waals surface area contributed by atoms with Crippen molar-refractivity contribution in [1.29, 1.82) is 0 Å². The molecule has 0 spiro atoms. The molecule has 1 aliphatic heterocycles. The summed E-state index contributed by atoms with van der Waals surface area (Å²) in [7, 11) is 2.22. The SMILES string of the molecule is CCNC(=NCCCCCCC(C)C)NCCCCN1CCN(C)CC1.I. The van der Waals surface area contributed by atoms with Crippen molar-refractivity contribution in [2.75, 3.05) is 59.4 Å². The molecule has 0 aromatic rings. The van der Waals surface area contributed by atoms with Gasteiger partial charge in [0.15, 0.2) is 5.96 Å². The van der Waals surface area contributed by atoms with Gasteiger partial charge in [-0.1, -0.05) is 39.5 Å². The van der Waals surface area contributed by atoms with Crippen LogP contribution in [-0.2, 0) is 0 Å². The molecule has 1 aliphatic rings. The lowest BCUT2D eigenvalue weighted by molar-refractivity contribution is 0.152. The molecule has 5 nitrogen and oxygen atoms in total. The molecule has 1 saturated heterocycles. The van der Waals surface area contributed by atoms with Crippen molar-refractivity contribution in [3.05, 3.63) is 0 Å². The molecule has 1 heterocycles. The van der Waals surface area contributed by atoms with Crippen molar-refractivity contribution in [2.24, 2.45) is 10.9 Å². The Labute approximate surface area is 186 Å². The third kappa shape index (κ3) is 15.5. The van der Waals surface area contributed by atoms with Crippen molar-refractivity contribution in [3.63, 3.8) is 0 Å². The predicted octanol–water partition coefficient (Wildman–Crippen LogP) is 3.79. The number of halogens is 1. The largest absolute Gasteiger partial charge is 0.357 e. The number of hydrogen-bond acceptors (Lipinski definition) is 3. The molecule has 0 aromatic heterocycles. The number of unbranched alkanes of at least 4 members (excludes halogenated alkanes) is 4. The molecule has 0 amide bonds. The fraction of sp³-hybridized carbons (Fsp3) is 0.952. The number of hydrogen-bond donors (Lipinski definition) is 2. The maximum Gasteiger partial charge on any atom is 0.191 e. The first-order valence-electron chi connectivity index (χ1n) is 11.0. The van der Waals surface area contributed by atoms with Crippen LogP contribution in [0, 0.1) is 5.92 Å². The number of aliphatic imine (C=N–C) groups is 1. The van der Waals surface area contributed by atoms with E-state index < -0.39 is 0 Å². The summed E-state index contributed by atoms with van der Waals surface area (Å²) in [6, 6.07) is 0. The van der Waals surface area contributed by atoms with Gasteiger partial charge in [0.05, 0.1) is 0 Å². The molecular formula is C21H46IN5. The topological polar surface area (TPSA) is 42.9 Å². The van der Waals surface area contributed by atoms with E-state index in [2.05, 4.69) is 48.3 Å². The molecule has 0 bridgehead atoms. The van der Waals surface area contributed by atoms with Gasteiger partial charge >= 0.3 is 0 Å². The van der Waals surface area contributed by atoms with Crippen LogP contribution in [0.25, 0.3) is 0 Å². The summed E-state index contributed by atoms with van der Waals surface area (Å²) in [5.74, 6) is 1.84. The summed E-state index contributed by atoms with van der Waals surface area (Å²) in [5.41, 5.74) is 0. The van der Waals surface area contributed by atoms with Gasteiger partial charge in [-0.05, 0) is 45.7 Å². The van der Waals surface area contributed by atoms with Gasteiger partial charge in [-0.2, -0.15) is 0 Å². The minimum absolute atomic E-state index is 0. The molecule has 0 aliphatic carbocycles. The molecule has 162 valence electrons. The van der Waals surface area contributed by atoms with E-state index in [0.29, 0.717) is 0 Å². The van der Waals surface area contributed by atoms with Crippen LogP contribution in [0.3, 0.4) is 0 Å². The first-order valence-corrected chi connectivity index (χ1v) is 11.0. The summed E-state index contributed by atoms with van der Waals surface area (Å²) in [5, 5.41) is 6.86. The van der Waals surface area contributed by atoms with Gasteiger partial charge in [-0.15, -0.1) is 24.0 Å². The van der Waals surface area contributed by atoms with Gasteiger partial charge in [0, 0.05) is 45.8 Å². The van der Waals surface area contributed by atoms with Crippen LogP contribution in [0.2, 0.25) is 0 Å². The van der Waals surface area contributed by atoms with Gasteiger partial charge in [-0.25, -0.2) is 0 Å². The first-order chi connectivity index (χ1) is 12.6. The highest BCUT2D eigenvalue weighted by Crippen LogP contribution is 2.09. The molecule has 0 atom stereocenters. The van der Waals surface area contributed by atoms with E-state index in [1.165, 1.54) is 77.7 Å². The second kappa shape index (κ2) is 18.0. The van der Waals surface area contributed by atoms with Gasteiger partial charge in [0.25, 0.3) is 0 Å². The maximum absolute atomic E-state index is 4.72. The van der Waals surface area contributed by atoms with Crippen molar-refractivity contribution in [3.8, 4) is 0 Å². The van der Waals surface area contributed by atoms with E-state index in [1.54, 1.807) is 0 Å². The number of piperazine rings is 1. The highest BCUT2D eigenvalue weighted by molar-refractivity contribution is 14.0. The second-order valence-electron chi connectivity index (χ2n) is 8.14. The summed E-state index contributed by atoms with van der Waals surface area (Å²) >= 11 is 0. The lowest BCUT2D eigenvalue weighted by atomic mass is 10.0. The summed E-state index contributed by atoms with van der Waals surface area (Å²) in [6.45, 7) is 15.8. The van der Waals surface area contributed by atoms with E-state index in [-0.39, 0.29) is 24.0 Å². The number of nitrogens with zero attached hydrogens (tertiary/aromatic N) is 3. The fourth-order valence-electron chi connectivity index (χ4n) is 3.29. The Morgan fingerprint density at radius 3 is 2.30 bits per heavy atom. The third-order valence-corrected chi connectivity index (χ3v) is 5.09. The average Bonchev–Trinajstić information content (AvgIpc) is 2.61. The number of guanidine groups is 1. The molecule has 0 aromatic carbocycles. The molecule has 0 unspecified atom stereocenters. The van der Waals surface area contributed by atoms with Crippen LogP contribution in [0.4, 0.5) is 0 Å². The lowest BCUT2D eigenvalue weighted by Crippen LogP contribution is -2.44. The molecule has 0 radical (unpaired) electrons. The molecule has 1 fully saturated rings. The zero-order valence-electron chi connectivity index (χ0n) is 18.4. The zero-order valence-corrected chi connectivity index (χ0v) is 20.8. The summed E-state index contributed by atoms with van der Waals surface area (Å²) < 4.78 is 0. The van der Waals surface area contributed by atoms with Crippen molar-refractivity contribution >= 4 is 29.9 Å². The monoisotopic (exact) mass is 495 g/mol. The molecule has 6 heteroatoms. The standard InChI is InChI=1S/C21H45N5.HI/c1-5-22-21(23-13-9-7-6-8-12-20(2)3)24-14-10-11-15-26-18-16-25(4)17-19-26;/h20H,5-19H2,1-4H3,(H2,22,23,24);1H. The number of nitrogens with one attached hydrogen (secondary N) is 2. The van der Waals surface area contributed by atoms with Gasteiger partial charge in [0.2, 0.25) is 0 Å². The maximum atomic E-state index is 4.72. The van der Waals surface area contributed by atoms with Crippen molar-refractivity contribution in [1.82, 2.24) is 20.4 Å². The smallest absolute Gasteiger partial charge is 0.191 e. The normalized spacial score (nSPS) is 16.4. The molecule has 2 N–H and O–H groups in total. The van der Waals surface area contributed by atoms with Crippen LogP contribution < -0.4 is 10.6 Å². The zero-order chi connectivity index (χ0) is 19.0. The highest BCUT2D eigenvalue weighted by Gasteiger charge is 2.12. The van der Waals surface area contributed by atoms with Gasteiger partial charge in [-0.3, -0.25) is 4.99 Å². The third-order valence-electron chi connectivity index (χ3n) is 5.09. The van der Waals surface area contributed by atoms with E-state index in [4.69, 9.17) is 4.99 Å². The van der Waals surface area contributed by atoms with Crippen LogP contribution >= 0.6 is 24.0 Å². The Bertz CT molecular complexity index is 354. The van der Waals surface area contributed by atoms with Crippen LogP contribution in [0.1, 0.15) is 65.7 Å². The second-order valence-corrected chi connectivity index (χ2v) is 8.14. The lowest BCUT2D eigenvalue weighted by Gasteiger charge is -2.32. The Morgan fingerprint density at radius 2 is 1.63 bits per heavy atom.